The van der Waals surface area contributed by atoms with Gasteiger partial charge in [-0.1, -0.05) is 51.1 Å². The minimum atomic E-state index is -2.06. The van der Waals surface area contributed by atoms with Gasteiger partial charge in [0, 0.05) is 6.54 Å². The zero-order chi connectivity index (χ0) is 18.5. The molecule has 2 atom stereocenters. The van der Waals surface area contributed by atoms with Crippen molar-refractivity contribution in [3.63, 3.8) is 0 Å². The predicted molar refractivity (Wildman–Crippen MR) is 102 cm³/mol. The Kier molecular flexibility index (Phi) is 6.23. The normalized spacial score (nSPS) is 14.7. The second-order valence-electron chi connectivity index (χ2n) is 7.79. The van der Waals surface area contributed by atoms with E-state index >= 15 is 0 Å². The van der Waals surface area contributed by atoms with E-state index in [1.165, 1.54) is 0 Å². The number of rotatable bonds is 7. The first kappa shape index (κ1) is 19.5. The first-order chi connectivity index (χ1) is 11.7. The van der Waals surface area contributed by atoms with E-state index in [0.717, 1.165) is 5.56 Å². The van der Waals surface area contributed by atoms with Crippen molar-refractivity contribution in [1.29, 1.82) is 5.26 Å². The van der Waals surface area contributed by atoms with Crippen LogP contribution < -0.4 is 5.32 Å². The zero-order valence-corrected chi connectivity index (χ0v) is 16.7. The number of hydrogen-bond acceptors (Lipinski definition) is 4. The van der Waals surface area contributed by atoms with E-state index in [1.54, 1.807) is 6.26 Å². The van der Waals surface area contributed by atoms with Crippen molar-refractivity contribution in [1.82, 2.24) is 5.32 Å². The minimum Gasteiger partial charge on any atom is -0.467 e. The van der Waals surface area contributed by atoms with Gasteiger partial charge in [0.1, 0.15) is 17.9 Å². The van der Waals surface area contributed by atoms with Crippen LogP contribution in [0.15, 0.2) is 53.1 Å². The van der Waals surface area contributed by atoms with Crippen LogP contribution in [0.2, 0.25) is 18.1 Å². The van der Waals surface area contributed by atoms with Crippen LogP contribution in [0, 0.1) is 11.3 Å². The molecule has 0 aliphatic heterocycles. The van der Waals surface area contributed by atoms with Crippen molar-refractivity contribution in [3.8, 4) is 6.07 Å². The van der Waals surface area contributed by atoms with Gasteiger partial charge in [-0.25, -0.2) is 0 Å². The lowest BCUT2D eigenvalue weighted by Gasteiger charge is -2.39. The Morgan fingerprint density at radius 2 is 1.84 bits per heavy atom. The Hall–Kier alpha value is -1.87. The lowest BCUT2D eigenvalue weighted by molar-refractivity contribution is 0.132. The van der Waals surface area contributed by atoms with E-state index in [1.807, 2.05) is 42.5 Å². The monoisotopic (exact) mass is 356 g/mol. The van der Waals surface area contributed by atoms with E-state index < -0.39 is 20.5 Å². The third-order valence-corrected chi connectivity index (χ3v) is 9.32. The van der Waals surface area contributed by atoms with Crippen molar-refractivity contribution in [2.75, 3.05) is 0 Å². The molecule has 0 aliphatic rings. The highest BCUT2D eigenvalue weighted by Crippen LogP contribution is 2.40. The van der Waals surface area contributed by atoms with Crippen molar-refractivity contribution in [3.05, 3.63) is 60.1 Å². The van der Waals surface area contributed by atoms with Gasteiger partial charge < -0.3 is 8.84 Å². The maximum absolute atomic E-state index is 9.75. The van der Waals surface area contributed by atoms with Crippen LogP contribution in [0.3, 0.4) is 0 Å². The minimum absolute atomic E-state index is 0.0529. The summed E-state index contributed by atoms with van der Waals surface area (Å²) in [5, 5.41) is 13.1. The molecule has 0 saturated heterocycles. The molecule has 134 valence electrons. The van der Waals surface area contributed by atoms with Crippen LogP contribution in [0.1, 0.15) is 38.2 Å². The second-order valence-corrected chi connectivity index (χ2v) is 12.5. The molecular formula is C20H28N2O2Si. The molecular weight excluding hydrogens is 328 g/mol. The topological polar surface area (TPSA) is 58.2 Å². The number of hydrogen-bond donors (Lipinski definition) is 1. The maximum atomic E-state index is 9.75. The quantitative estimate of drug-likeness (QED) is 0.707. The lowest BCUT2D eigenvalue weighted by Crippen LogP contribution is -2.46. The standard InChI is InChI=1S/C20H28N2O2Si/c1-20(2,3)25(4,5)24-19(18-12-9-13-23-18)17(14-21)22-15-16-10-7-6-8-11-16/h6-13,17,19,22H,15H2,1-5H3/t17-,19+/m0/s1. The molecule has 0 bridgehead atoms. The molecule has 0 unspecified atom stereocenters. The van der Waals surface area contributed by atoms with E-state index in [2.05, 4.69) is 45.3 Å². The van der Waals surface area contributed by atoms with Gasteiger partial charge in [0.2, 0.25) is 0 Å². The third kappa shape index (κ3) is 5.05. The van der Waals surface area contributed by atoms with Gasteiger partial charge in [-0.05, 0) is 35.8 Å². The fraction of sp³-hybridized carbons (Fsp3) is 0.450. The van der Waals surface area contributed by atoms with Gasteiger partial charge in [-0.3, -0.25) is 5.32 Å². The number of benzene rings is 1. The fourth-order valence-electron chi connectivity index (χ4n) is 2.28. The Balaban J connectivity index is 2.20. The average molecular weight is 357 g/mol. The summed E-state index contributed by atoms with van der Waals surface area (Å²) in [5.41, 5.74) is 1.13. The van der Waals surface area contributed by atoms with Crippen molar-refractivity contribution in [2.24, 2.45) is 0 Å². The predicted octanol–water partition coefficient (Wildman–Crippen LogP) is 5.02. The molecule has 25 heavy (non-hydrogen) atoms. The summed E-state index contributed by atoms with van der Waals surface area (Å²) >= 11 is 0. The van der Waals surface area contributed by atoms with E-state index in [9.17, 15) is 5.26 Å². The van der Waals surface area contributed by atoms with E-state index in [-0.39, 0.29) is 5.04 Å². The van der Waals surface area contributed by atoms with Crippen LogP contribution in [-0.4, -0.2) is 14.4 Å². The summed E-state index contributed by atoms with van der Waals surface area (Å²) in [4.78, 5) is 0. The molecule has 4 nitrogen and oxygen atoms in total. The smallest absolute Gasteiger partial charge is 0.193 e. The van der Waals surface area contributed by atoms with Crippen molar-refractivity contribution in [2.45, 2.75) is 57.6 Å². The molecule has 1 N–H and O–H groups in total. The van der Waals surface area contributed by atoms with Crippen LogP contribution in [-0.2, 0) is 11.0 Å². The maximum Gasteiger partial charge on any atom is 0.193 e. The van der Waals surface area contributed by atoms with Crippen LogP contribution in [0.5, 0.6) is 0 Å². The molecule has 0 aliphatic carbocycles. The van der Waals surface area contributed by atoms with Crippen LogP contribution >= 0.6 is 0 Å². The van der Waals surface area contributed by atoms with Gasteiger partial charge in [0.25, 0.3) is 0 Å². The van der Waals surface area contributed by atoms with Crippen LogP contribution in [0.25, 0.3) is 0 Å². The fourth-order valence-corrected chi connectivity index (χ4v) is 3.52. The summed E-state index contributed by atoms with van der Waals surface area (Å²) < 4.78 is 12.1. The summed E-state index contributed by atoms with van der Waals surface area (Å²) in [6.45, 7) is 11.6. The van der Waals surface area contributed by atoms with Crippen LogP contribution in [0.4, 0.5) is 0 Å². The van der Waals surface area contributed by atoms with E-state index in [4.69, 9.17) is 8.84 Å². The molecule has 2 rings (SSSR count). The van der Waals surface area contributed by atoms with Gasteiger partial charge in [-0.15, -0.1) is 0 Å². The second kappa shape index (κ2) is 8.00. The Bertz CT molecular complexity index is 685. The van der Waals surface area contributed by atoms with Gasteiger partial charge in [-0.2, -0.15) is 5.26 Å². The molecule has 0 spiro atoms. The van der Waals surface area contributed by atoms with Gasteiger partial charge >= 0.3 is 0 Å². The molecule has 0 radical (unpaired) electrons. The van der Waals surface area contributed by atoms with Crippen molar-refractivity contribution >= 4 is 8.32 Å². The highest BCUT2D eigenvalue weighted by atomic mass is 28.4. The largest absolute Gasteiger partial charge is 0.467 e. The third-order valence-electron chi connectivity index (χ3n) is 4.86. The number of nitrogens with zero attached hydrogens (tertiary/aromatic N) is 1. The van der Waals surface area contributed by atoms with Gasteiger partial charge in [0.15, 0.2) is 8.32 Å². The van der Waals surface area contributed by atoms with Gasteiger partial charge in [0.05, 0.1) is 12.3 Å². The summed E-state index contributed by atoms with van der Waals surface area (Å²) in [6, 6.07) is 15.6. The highest BCUT2D eigenvalue weighted by molar-refractivity contribution is 6.74. The Morgan fingerprint density at radius 3 is 2.36 bits per heavy atom. The average Bonchev–Trinajstić information content (AvgIpc) is 3.08. The molecule has 1 aromatic heterocycles. The molecule has 1 heterocycles. The number of nitrogens with one attached hydrogen (secondary N) is 1. The zero-order valence-electron chi connectivity index (χ0n) is 15.7. The highest BCUT2D eigenvalue weighted by Gasteiger charge is 2.42. The summed E-state index contributed by atoms with van der Waals surface area (Å²) in [6.07, 6.45) is 1.20. The Morgan fingerprint density at radius 1 is 1.16 bits per heavy atom. The van der Waals surface area contributed by atoms with E-state index in [0.29, 0.717) is 12.3 Å². The SMILES string of the molecule is CC(C)(C)[Si](C)(C)O[C@@H](c1ccco1)[C@H](C#N)NCc1ccccc1. The number of nitriles is 1. The first-order valence-electron chi connectivity index (χ1n) is 8.63. The number of furan rings is 1. The summed E-state index contributed by atoms with van der Waals surface area (Å²) in [7, 11) is -2.06. The molecule has 2 aromatic rings. The molecule has 0 saturated carbocycles. The first-order valence-corrected chi connectivity index (χ1v) is 11.5. The molecule has 0 fully saturated rings. The van der Waals surface area contributed by atoms with Crippen molar-refractivity contribution < 1.29 is 8.84 Å². The Labute approximate surface area is 151 Å². The molecule has 1 aromatic carbocycles. The molecule has 5 heteroatoms. The molecule has 0 amide bonds. The summed E-state index contributed by atoms with van der Waals surface area (Å²) in [5.74, 6) is 0.692. The lowest BCUT2D eigenvalue weighted by atomic mass is 10.1.